The van der Waals surface area contributed by atoms with Crippen molar-refractivity contribution >= 4 is 124 Å². The quantitative estimate of drug-likeness (QED) is 0.0993. The fraction of sp³-hybridized carbons (Fsp3) is 0.493. The van der Waals surface area contributed by atoms with Gasteiger partial charge in [0.15, 0.2) is 9.98 Å². The molecule has 6 aromatic carbocycles. The summed E-state index contributed by atoms with van der Waals surface area (Å²) in [5, 5.41) is 4.24. The van der Waals surface area contributed by atoms with Crippen LogP contribution in [0.3, 0.4) is 0 Å². The molecule has 0 N–H and O–H groups in total. The number of benzene rings is 6. The second-order valence-corrected chi connectivity index (χ2v) is 35.5. The first-order valence-electron chi connectivity index (χ1n) is 29.6. The van der Waals surface area contributed by atoms with E-state index in [0.717, 1.165) is 82.9 Å². The number of hydrogen-bond donors (Lipinski definition) is 0. The number of hydrogen-bond acceptors (Lipinski definition) is 6. The number of halogens is 5. The van der Waals surface area contributed by atoms with Crippen LogP contribution in [0.4, 0.5) is 5.69 Å². The maximum Gasteiger partial charge on any atom is 0.451 e. The molecule has 88 heavy (non-hydrogen) atoms. The molecule has 0 saturated carbocycles. The summed E-state index contributed by atoms with van der Waals surface area (Å²) in [7, 11) is -4.12. The van der Waals surface area contributed by atoms with Gasteiger partial charge in [-0.15, -0.1) is 35.3 Å². The van der Waals surface area contributed by atoms with E-state index < -0.39 is 20.8 Å². The summed E-state index contributed by atoms with van der Waals surface area (Å²) in [5.41, 5.74) is 13.9. The van der Waals surface area contributed by atoms with E-state index in [1.165, 1.54) is 22.3 Å². The van der Waals surface area contributed by atoms with Crippen molar-refractivity contribution in [1.82, 2.24) is 0 Å². The molecular weight excluding hydrogens is 1330 g/mol. The predicted molar refractivity (Wildman–Crippen MR) is 380 cm³/mol. The van der Waals surface area contributed by atoms with Crippen LogP contribution in [0.15, 0.2) is 102 Å². The molecule has 0 atom stereocenters. The summed E-state index contributed by atoms with van der Waals surface area (Å²) in [4.78, 5) is 3.42. The van der Waals surface area contributed by atoms with Crippen LogP contribution in [0.5, 0.6) is 11.5 Å². The average Bonchev–Trinajstić information content (AvgIpc) is 1.81. The van der Waals surface area contributed by atoms with Gasteiger partial charge in [-0.3, -0.25) is 0 Å². The van der Waals surface area contributed by atoms with Gasteiger partial charge in [-0.05, 0) is 115 Å². The zero-order valence-electron chi connectivity index (χ0n) is 56.9. The zero-order chi connectivity index (χ0) is 66.1. The van der Waals surface area contributed by atoms with E-state index in [9.17, 15) is 0 Å². The smallest absolute Gasteiger partial charge is 0.418 e. The van der Waals surface area contributed by atoms with Crippen molar-refractivity contribution in [3.05, 3.63) is 158 Å². The monoisotopic (exact) mass is 1420 g/mol. The number of fused-ring (bicyclic) bond motifs is 6. The summed E-state index contributed by atoms with van der Waals surface area (Å²) < 4.78 is 41.5. The van der Waals surface area contributed by atoms with Crippen molar-refractivity contribution in [2.24, 2.45) is 0 Å². The van der Waals surface area contributed by atoms with Crippen LogP contribution in [-0.2, 0) is 62.8 Å². The molecule has 0 spiro atoms. The summed E-state index contributed by atoms with van der Waals surface area (Å²) in [6, 6.07) is 33.5. The van der Waals surface area contributed by atoms with Crippen LogP contribution in [0.25, 0.3) is 48.7 Å². The van der Waals surface area contributed by atoms with Crippen molar-refractivity contribution in [2.75, 3.05) is 5.34 Å². The SMILES string of the molecule is CC(C)(C)c1cc(C(C)(C)C)c2op(Oc3[c-]c(Op4oc5c(C(C)(C)C)cc(C(C)(C)C)cc5c5cc(C(C)(C)C)cc(C(C)(C)C)c5o4)ccc3)oc3c(C(C)(C)C)cc(C(C)(C)C)cc3c2c1.ClC(Cl)Cl.ClCCl.[C-]#[N+]c1c(C)cccc1C.[Rh]. The number of alkyl halides is 5. The van der Waals surface area contributed by atoms with Gasteiger partial charge < -0.3 is 25.8 Å². The minimum Gasteiger partial charge on any atom is -0.418 e. The molecule has 7 nitrogen and oxygen atoms in total. The second-order valence-electron chi connectivity index (χ2n) is 30.7. The topological polar surface area (TPSA) is 75.4 Å². The van der Waals surface area contributed by atoms with Crippen molar-refractivity contribution in [1.29, 1.82) is 0 Å². The van der Waals surface area contributed by atoms with Crippen LogP contribution in [-0.4, -0.2) is 9.63 Å². The largest absolute Gasteiger partial charge is 0.451 e. The standard InChI is InChI=1S/C62H83O6P2.C9H9N.CHCl3.CH2Cl2.Rh/c1-55(2,3)37-28-43-44-29-38(56(4,5)6)33-48(60(16,17)18)52(44)66-69(65-51(43)47(32-37)59(13,14)15)63-41-26-25-27-42(36-41)64-70-67-53-45(30-39(57(7,8)9)34-49(53)61(19,20)21)46-31-40(58(10,11)12)35-50(54(46)68-70)62(22,23)24;1-7-5-4-6-8(2)9(7)10-3;2-1(3)4;2-1-3;/h25-35H,1-24H3;4-6H,1-2H3;1H;1H2;/q-1;;;;. The van der Waals surface area contributed by atoms with E-state index >= 15 is 0 Å². The first kappa shape index (κ1) is 76.7. The van der Waals surface area contributed by atoms with Crippen LogP contribution < -0.4 is 9.05 Å². The molecule has 2 heterocycles. The molecule has 0 saturated heterocycles. The Labute approximate surface area is 567 Å². The number of nitrogens with zero attached hydrogens (tertiary/aromatic N) is 1. The van der Waals surface area contributed by atoms with Crippen molar-refractivity contribution in [3.63, 3.8) is 0 Å². The van der Waals surface area contributed by atoms with Gasteiger partial charge in [0.05, 0.1) is 11.9 Å². The third kappa shape index (κ3) is 19.7. The molecule has 0 aliphatic rings. The molecular formula is C73H95Cl5NO6P2Rh-. The fourth-order valence-corrected chi connectivity index (χ4v) is 11.9. The first-order valence-corrected chi connectivity index (χ1v) is 34.1. The van der Waals surface area contributed by atoms with E-state index in [0.29, 0.717) is 11.5 Å². The fourth-order valence-electron chi connectivity index (χ4n) is 9.76. The van der Waals surface area contributed by atoms with Crippen LogP contribution in [0, 0.1) is 26.5 Å². The summed E-state index contributed by atoms with van der Waals surface area (Å²) in [5.74, 6) is 0.837. The molecule has 0 fully saturated rings. The van der Waals surface area contributed by atoms with Gasteiger partial charge in [0.1, 0.15) is 22.3 Å². The maximum absolute atomic E-state index is 7.12. The molecule has 2 aromatic heterocycles. The molecule has 0 amide bonds. The molecule has 483 valence electrons. The third-order valence-electron chi connectivity index (χ3n) is 14.9. The Bertz CT molecular complexity index is 3450. The number of rotatable bonds is 4. The van der Waals surface area contributed by atoms with Crippen molar-refractivity contribution < 1.29 is 45.3 Å². The Morgan fingerprint density at radius 2 is 0.636 bits per heavy atom. The maximum atomic E-state index is 7.12. The van der Waals surface area contributed by atoms with E-state index in [1.807, 2.05) is 50.2 Å². The van der Waals surface area contributed by atoms with Crippen LogP contribution in [0.2, 0.25) is 0 Å². The van der Waals surface area contributed by atoms with Crippen LogP contribution >= 0.6 is 74.5 Å². The Morgan fingerprint density at radius 3 is 0.818 bits per heavy atom. The van der Waals surface area contributed by atoms with E-state index in [-0.39, 0.29) is 68.1 Å². The minimum absolute atomic E-state index is 0. The Morgan fingerprint density at radius 1 is 0.420 bits per heavy atom. The van der Waals surface area contributed by atoms with Gasteiger partial charge >= 0.3 is 16.5 Å². The molecule has 15 heteroatoms. The van der Waals surface area contributed by atoms with Crippen molar-refractivity contribution in [2.45, 2.75) is 228 Å². The van der Waals surface area contributed by atoms with Gasteiger partial charge in [-0.1, -0.05) is 250 Å². The van der Waals surface area contributed by atoms with Crippen molar-refractivity contribution in [3.8, 4) is 11.5 Å². The van der Waals surface area contributed by atoms with Gasteiger partial charge in [0.25, 0.3) is 0 Å². The summed E-state index contributed by atoms with van der Waals surface area (Å²) >= 11 is 23.9. The molecule has 0 unspecified atom stereocenters. The number of para-hydroxylation sites is 1. The van der Waals surface area contributed by atoms with E-state index in [4.69, 9.17) is 90.4 Å². The van der Waals surface area contributed by atoms with Gasteiger partial charge in [-0.25, -0.2) is 4.85 Å². The van der Waals surface area contributed by atoms with Crippen LogP contribution in [0.1, 0.15) is 222 Å². The van der Waals surface area contributed by atoms with Gasteiger partial charge in [0, 0.05) is 74.8 Å². The van der Waals surface area contributed by atoms with E-state index in [1.54, 1.807) is 0 Å². The average molecular weight is 1420 g/mol. The minimum atomic E-state index is -2.06. The predicted octanol–water partition coefficient (Wildman–Crippen LogP) is 27.0. The Hall–Kier alpha value is -3.72. The summed E-state index contributed by atoms with van der Waals surface area (Å²) in [6.45, 7) is 64.9. The normalized spacial score (nSPS) is 12.5. The molecule has 8 rings (SSSR count). The molecule has 8 aromatic rings. The Balaban J connectivity index is 0.000000803. The van der Waals surface area contributed by atoms with Gasteiger partial charge in [-0.2, -0.15) is 6.07 Å². The Kier molecular flexibility index (Phi) is 25.3. The molecule has 0 bridgehead atoms. The second kappa shape index (κ2) is 29.1. The molecule has 0 aliphatic heterocycles. The zero-order valence-corrected chi connectivity index (χ0v) is 64.1. The van der Waals surface area contributed by atoms with E-state index in [2.05, 4.69) is 226 Å². The third-order valence-corrected chi connectivity index (χ3v) is 17.0. The molecule has 0 aliphatic carbocycles. The first-order chi connectivity index (χ1) is 39.6. The molecule has 1 radical (unpaired) electrons. The summed E-state index contributed by atoms with van der Waals surface area (Å²) in [6.07, 6.45) is 0. The number of aryl methyl sites for hydroxylation is 2. The van der Waals surface area contributed by atoms with Gasteiger partial charge in [0.2, 0.25) is 0 Å².